The molecule has 0 N–H and O–H groups in total. The van der Waals surface area contributed by atoms with Crippen LogP contribution in [-0.2, 0) is 12.3 Å². The zero-order valence-corrected chi connectivity index (χ0v) is 13.4. The first-order chi connectivity index (χ1) is 9.06. The SMILES string of the molecule is Cc1ccc(CPCc2ccc(C)cc2C)c(C)c1. The average molecular weight is 270 g/mol. The second-order valence-electron chi connectivity index (χ2n) is 5.46. The predicted molar refractivity (Wildman–Crippen MR) is 87.6 cm³/mol. The Morgan fingerprint density at radius 1 is 0.684 bits per heavy atom. The number of hydrogen-bond acceptors (Lipinski definition) is 0. The maximum absolute atomic E-state index is 2.29. The van der Waals surface area contributed by atoms with Gasteiger partial charge in [-0.1, -0.05) is 47.5 Å². The maximum Gasteiger partial charge on any atom is -0.00950 e. The molecule has 2 rings (SSSR count). The van der Waals surface area contributed by atoms with Crippen molar-refractivity contribution in [3.8, 4) is 0 Å². The smallest absolute Gasteiger partial charge is 0.00950 e. The first-order valence-electron chi connectivity index (χ1n) is 6.89. The lowest BCUT2D eigenvalue weighted by atomic mass is 10.1. The van der Waals surface area contributed by atoms with Crippen molar-refractivity contribution in [2.24, 2.45) is 0 Å². The fourth-order valence-corrected chi connectivity index (χ4v) is 3.88. The Labute approximate surface area is 119 Å². The molecule has 0 saturated carbocycles. The molecule has 0 saturated heterocycles. The molecule has 100 valence electrons. The molecule has 0 nitrogen and oxygen atoms in total. The average Bonchev–Trinajstić information content (AvgIpc) is 2.34. The fourth-order valence-electron chi connectivity index (χ4n) is 2.42. The summed E-state index contributed by atoms with van der Waals surface area (Å²) in [4.78, 5) is 0. The molecule has 0 aliphatic carbocycles. The molecule has 19 heavy (non-hydrogen) atoms. The maximum atomic E-state index is 2.29. The largest absolute Gasteiger partial charge is 0.113 e. The van der Waals surface area contributed by atoms with Gasteiger partial charge in [-0.2, -0.15) is 0 Å². The Hall–Kier alpha value is -1.13. The molecule has 2 aromatic rings. The van der Waals surface area contributed by atoms with Crippen LogP contribution in [0.15, 0.2) is 36.4 Å². The predicted octanol–water partition coefficient (Wildman–Crippen LogP) is 5.30. The third kappa shape index (κ3) is 3.91. The van der Waals surface area contributed by atoms with Gasteiger partial charge in [-0.25, -0.2) is 0 Å². The van der Waals surface area contributed by atoms with E-state index < -0.39 is 0 Å². The lowest BCUT2D eigenvalue weighted by Gasteiger charge is -2.09. The van der Waals surface area contributed by atoms with Crippen LogP contribution in [0.5, 0.6) is 0 Å². The third-order valence-electron chi connectivity index (χ3n) is 3.63. The second-order valence-corrected chi connectivity index (χ2v) is 6.67. The van der Waals surface area contributed by atoms with E-state index in [0.29, 0.717) is 0 Å². The Kier molecular flexibility index (Phi) is 4.77. The summed E-state index contributed by atoms with van der Waals surface area (Å²) in [6, 6.07) is 13.6. The van der Waals surface area contributed by atoms with E-state index in [2.05, 4.69) is 64.1 Å². The molecule has 0 radical (unpaired) electrons. The summed E-state index contributed by atoms with van der Waals surface area (Å²) < 4.78 is 0. The normalized spacial score (nSPS) is 10.7. The van der Waals surface area contributed by atoms with Crippen LogP contribution in [0.4, 0.5) is 0 Å². The molecule has 0 aliphatic heterocycles. The van der Waals surface area contributed by atoms with Gasteiger partial charge in [-0.3, -0.25) is 0 Å². The Morgan fingerprint density at radius 2 is 1.11 bits per heavy atom. The van der Waals surface area contributed by atoms with Gasteiger partial charge >= 0.3 is 0 Å². The number of rotatable bonds is 4. The standard InChI is InChI=1S/C18H23P/c1-13-5-7-17(15(3)9-13)11-19-12-18-8-6-14(2)10-16(18)4/h5-10,19H,11-12H2,1-4H3. The minimum atomic E-state index is 0.973. The lowest BCUT2D eigenvalue weighted by molar-refractivity contribution is 1.24. The number of hydrogen-bond donors (Lipinski definition) is 0. The van der Waals surface area contributed by atoms with Crippen molar-refractivity contribution in [3.63, 3.8) is 0 Å². The molecule has 0 spiro atoms. The molecule has 0 heterocycles. The minimum absolute atomic E-state index is 0.973. The van der Waals surface area contributed by atoms with E-state index in [1.54, 1.807) is 0 Å². The van der Waals surface area contributed by atoms with Crippen LogP contribution < -0.4 is 0 Å². The molecule has 0 unspecified atom stereocenters. The molecule has 0 bridgehead atoms. The van der Waals surface area contributed by atoms with Crippen LogP contribution >= 0.6 is 8.58 Å². The quantitative estimate of drug-likeness (QED) is 0.661. The van der Waals surface area contributed by atoms with Gasteiger partial charge in [0, 0.05) is 0 Å². The molecule has 2 aromatic carbocycles. The van der Waals surface area contributed by atoms with Gasteiger partial charge in [0.15, 0.2) is 0 Å². The zero-order chi connectivity index (χ0) is 13.8. The summed E-state index contributed by atoms with van der Waals surface area (Å²) in [6.07, 6.45) is 2.42. The van der Waals surface area contributed by atoms with E-state index in [0.717, 1.165) is 8.58 Å². The zero-order valence-electron chi connectivity index (χ0n) is 12.4. The van der Waals surface area contributed by atoms with Gasteiger partial charge in [-0.15, -0.1) is 8.58 Å². The van der Waals surface area contributed by atoms with Crippen LogP contribution in [0.2, 0.25) is 0 Å². The van der Waals surface area contributed by atoms with Crippen molar-refractivity contribution in [2.45, 2.75) is 40.0 Å². The van der Waals surface area contributed by atoms with Gasteiger partial charge in [0.05, 0.1) is 0 Å². The topological polar surface area (TPSA) is 0 Å². The summed E-state index contributed by atoms with van der Waals surface area (Å²) >= 11 is 0. The van der Waals surface area contributed by atoms with Crippen molar-refractivity contribution in [1.29, 1.82) is 0 Å². The first-order valence-corrected chi connectivity index (χ1v) is 8.30. The highest BCUT2D eigenvalue weighted by Gasteiger charge is 2.01. The summed E-state index contributed by atoms with van der Waals surface area (Å²) in [7, 11) is 0.973. The molecule has 0 aromatic heterocycles. The van der Waals surface area contributed by atoms with E-state index in [1.807, 2.05) is 0 Å². The monoisotopic (exact) mass is 270 g/mol. The summed E-state index contributed by atoms with van der Waals surface area (Å²) in [5.74, 6) is 0. The molecule has 0 fully saturated rings. The molecular formula is C18H23P. The molecule has 0 aliphatic rings. The van der Waals surface area contributed by atoms with E-state index in [4.69, 9.17) is 0 Å². The van der Waals surface area contributed by atoms with Gasteiger partial charge < -0.3 is 0 Å². The van der Waals surface area contributed by atoms with E-state index in [-0.39, 0.29) is 0 Å². The van der Waals surface area contributed by atoms with Crippen molar-refractivity contribution >= 4 is 8.58 Å². The Morgan fingerprint density at radius 3 is 1.47 bits per heavy atom. The van der Waals surface area contributed by atoms with Crippen LogP contribution in [0.1, 0.15) is 33.4 Å². The molecule has 0 amide bonds. The number of benzene rings is 2. The van der Waals surface area contributed by atoms with Crippen LogP contribution in [-0.4, -0.2) is 0 Å². The fraction of sp³-hybridized carbons (Fsp3) is 0.333. The molecule has 0 atom stereocenters. The Balaban J connectivity index is 1.96. The third-order valence-corrected chi connectivity index (χ3v) is 4.89. The molecule has 1 heteroatoms. The summed E-state index contributed by atoms with van der Waals surface area (Å²) in [5.41, 5.74) is 8.61. The van der Waals surface area contributed by atoms with Gasteiger partial charge in [-0.05, 0) is 62.3 Å². The highest BCUT2D eigenvalue weighted by molar-refractivity contribution is 7.36. The van der Waals surface area contributed by atoms with E-state index in [1.165, 1.54) is 45.7 Å². The summed E-state index contributed by atoms with van der Waals surface area (Å²) in [5, 5.41) is 0. The van der Waals surface area contributed by atoms with Gasteiger partial charge in [0.1, 0.15) is 0 Å². The van der Waals surface area contributed by atoms with Gasteiger partial charge in [0.2, 0.25) is 0 Å². The number of aryl methyl sites for hydroxylation is 4. The van der Waals surface area contributed by atoms with Crippen molar-refractivity contribution in [2.75, 3.05) is 0 Å². The minimum Gasteiger partial charge on any atom is -0.113 e. The van der Waals surface area contributed by atoms with Crippen molar-refractivity contribution in [1.82, 2.24) is 0 Å². The summed E-state index contributed by atoms with van der Waals surface area (Å²) in [6.45, 7) is 8.78. The van der Waals surface area contributed by atoms with E-state index >= 15 is 0 Å². The lowest BCUT2D eigenvalue weighted by Crippen LogP contribution is -1.89. The van der Waals surface area contributed by atoms with Gasteiger partial charge in [0.25, 0.3) is 0 Å². The van der Waals surface area contributed by atoms with E-state index in [9.17, 15) is 0 Å². The van der Waals surface area contributed by atoms with Crippen LogP contribution in [0, 0.1) is 27.7 Å². The van der Waals surface area contributed by atoms with Crippen molar-refractivity contribution in [3.05, 3.63) is 69.8 Å². The molecular weight excluding hydrogens is 247 g/mol. The van der Waals surface area contributed by atoms with Crippen LogP contribution in [0.3, 0.4) is 0 Å². The Bertz CT molecular complexity index is 518. The van der Waals surface area contributed by atoms with Crippen molar-refractivity contribution < 1.29 is 0 Å². The highest BCUT2D eigenvalue weighted by atomic mass is 31.1. The highest BCUT2D eigenvalue weighted by Crippen LogP contribution is 2.27. The first kappa shape index (κ1) is 14.3. The van der Waals surface area contributed by atoms with Crippen LogP contribution in [0.25, 0.3) is 0 Å². The second kappa shape index (κ2) is 6.35.